The normalized spacial score (nSPS) is 15.3. The summed E-state index contributed by atoms with van der Waals surface area (Å²) in [5.74, 6) is -2.05. The van der Waals surface area contributed by atoms with Gasteiger partial charge in [0.15, 0.2) is 5.76 Å². The van der Waals surface area contributed by atoms with Gasteiger partial charge >= 0.3 is 12.2 Å². The molecule has 1 aromatic carbocycles. The molecule has 29 heavy (non-hydrogen) atoms. The molecule has 152 valence electrons. The fourth-order valence-electron chi connectivity index (χ4n) is 2.41. The molecule has 0 saturated carbocycles. The first-order valence-corrected chi connectivity index (χ1v) is 7.87. The number of carbonyl (C=O) groups excluding carboxylic acids is 2. The van der Waals surface area contributed by atoms with E-state index in [4.69, 9.17) is 4.42 Å². The zero-order chi connectivity index (χ0) is 21.2. The second kappa shape index (κ2) is 7.61. The van der Waals surface area contributed by atoms with E-state index in [2.05, 4.69) is 9.84 Å². The maximum absolute atomic E-state index is 12.3. The maximum atomic E-state index is 12.3. The lowest BCUT2D eigenvalue weighted by Crippen LogP contribution is -2.52. The molecule has 1 saturated heterocycles. The van der Waals surface area contributed by atoms with Crippen LogP contribution in [0.5, 0.6) is 5.75 Å². The highest BCUT2D eigenvalue weighted by Crippen LogP contribution is 2.26. The Kier molecular flexibility index (Phi) is 5.21. The first-order chi connectivity index (χ1) is 13.6. The van der Waals surface area contributed by atoms with E-state index in [0.29, 0.717) is 0 Å². The molecule has 0 spiro atoms. The summed E-state index contributed by atoms with van der Waals surface area (Å²) in [4.78, 5) is 35.4. The topological polar surface area (TPSA) is 118 Å². The highest BCUT2D eigenvalue weighted by atomic mass is 19.4. The van der Waals surface area contributed by atoms with Crippen LogP contribution < -0.4 is 9.64 Å². The van der Waals surface area contributed by atoms with E-state index in [9.17, 15) is 32.9 Å². The average Bonchev–Trinajstić information content (AvgIpc) is 3.11. The second-order valence-electron chi connectivity index (χ2n) is 5.65. The molecule has 2 amide bonds. The molecule has 1 aromatic heterocycles. The van der Waals surface area contributed by atoms with Gasteiger partial charge in [-0.1, -0.05) is 0 Å². The van der Waals surface area contributed by atoms with E-state index >= 15 is 0 Å². The summed E-state index contributed by atoms with van der Waals surface area (Å²) >= 11 is 0. The smallest absolute Gasteiger partial charge is 0.406 e. The van der Waals surface area contributed by atoms with Crippen LogP contribution in [0.15, 0.2) is 45.9 Å². The minimum Gasteiger partial charge on any atom is -0.406 e. The Morgan fingerprint density at radius 2 is 1.79 bits per heavy atom. The van der Waals surface area contributed by atoms with E-state index in [1.54, 1.807) is 0 Å². The van der Waals surface area contributed by atoms with Crippen molar-refractivity contribution in [1.82, 2.24) is 5.01 Å². The van der Waals surface area contributed by atoms with Crippen molar-refractivity contribution >= 4 is 29.6 Å². The number of hydrogen-bond donors (Lipinski definition) is 0. The molecule has 0 unspecified atom stereocenters. The van der Waals surface area contributed by atoms with Gasteiger partial charge in [-0.15, -0.1) is 13.2 Å². The summed E-state index contributed by atoms with van der Waals surface area (Å²) in [5.41, 5.74) is 0.211. The van der Waals surface area contributed by atoms with Gasteiger partial charge in [0, 0.05) is 5.69 Å². The Morgan fingerprint density at radius 3 is 2.38 bits per heavy atom. The van der Waals surface area contributed by atoms with Gasteiger partial charge in [-0.25, -0.2) is 5.01 Å². The number of furan rings is 1. The molecule has 0 aliphatic carbocycles. The first kappa shape index (κ1) is 19.9. The Bertz CT molecular complexity index is 970. The van der Waals surface area contributed by atoms with Crippen LogP contribution in [0.3, 0.4) is 0 Å². The van der Waals surface area contributed by atoms with Crippen molar-refractivity contribution in [2.75, 3.05) is 18.0 Å². The SMILES string of the molecule is O=C1CN(c2ccc(OC(F)(F)F)cc2)C(=O)CN1N=Cc1ccc([N+](=O)[O-])o1. The monoisotopic (exact) mass is 412 g/mol. The van der Waals surface area contributed by atoms with Gasteiger partial charge < -0.3 is 14.1 Å². The molecule has 2 aromatic rings. The van der Waals surface area contributed by atoms with Crippen molar-refractivity contribution < 1.29 is 36.8 Å². The number of hydrogen-bond acceptors (Lipinski definition) is 7. The standard InChI is InChI=1S/C16H11F3N4O6/c17-16(18,19)29-11-3-1-10(2-4-11)21-8-14(25)22(9-13(21)24)20-7-12-5-6-15(28-12)23(26)27/h1-7H,8-9H2. The Balaban J connectivity index is 1.66. The number of hydrazone groups is 1. The largest absolute Gasteiger partial charge is 0.573 e. The molecule has 1 fully saturated rings. The van der Waals surface area contributed by atoms with Gasteiger partial charge in [-0.3, -0.25) is 19.7 Å². The number of piperazine rings is 1. The number of nitrogens with zero attached hydrogens (tertiary/aromatic N) is 4. The maximum Gasteiger partial charge on any atom is 0.573 e. The molecule has 0 N–H and O–H groups in total. The summed E-state index contributed by atoms with van der Waals surface area (Å²) < 4.78 is 45.2. The van der Waals surface area contributed by atoms with Crippen LogP contribution >= 0.6 is 0 Å². The number of rotatable bonds is 5. The number of benzene rings is 1. The lowest BCUT2D eigenvalue weighted by Gasteiger charge is -2.31. The number of nitro groups is 1. The third kappa shape index (κ3) is 4.88. The Morgan fingerprint density at radius 1 is 1.10 bits per heavy atom. The average molecular weight is 412 g/mol. The predicted molar refractivity (Wildman–Crippen MR) is 90.1 cm³/mol. The quantitative estimate of drug-likeness (QED) is 0.422. The molecular formula is C16H11F3N4O6. The van der Waals surface area contributed by atoms with Crippen molar-refractivity contribution in [3.05, 3.63) is 52.3 Å². The Labute approximate surface area is 159 Å². The van der Waals surface area contributed by atoms with Gasteiger partial charge in [0.25, 0.3) is 5.91 Å². The van der Waals surface area contributed by atoms with Crippen LogP contribution in [0.2, 0.25) is 0 Å². The molecule has 0 bridgehead atoms. The van der Waals surface area contributed by atoms with Crippen LogP contribution in [0.4, 0.5) is 24.7 Å². The lowest BCUT2D eigenvalue weighted by atomic mass is 10.2. The number of carbonyl (C=O) groups is 2. The van der Waals surface area contributed by atoms with Crippen molar-refractivity contribution in [2.45, 2.75) is 6.36 Å². The minimum atomic E-state index is -4.84. The highest BCUT2D eigenvalue weighted by Gasteiger charge is 2.32. The van der Waals surface area contributed by atoms with Crippen molar-refractivity contribution in [3.63, 3.8) is 0 Å². The summed E-state index contributed by atoms with van der Waals surface area (Å²) in [7, 11) is 0. The molecular weight excluding hydrogens is 401 g/mol. The molecule has 3 rings (SSSR count). The summed E-state index contributed by atoms with van der Waals surface area (Å²) in [5, 5.41) is 15.2. The zero-order valence-corrected chi connectivity index (χ0v) is 14.3. The third-order valence-electron chi connectivity index (χ3n) is 3.67. The number of amides is 2. The summed E-state index contributed by atoms with van der Waals surface area (Å²) in [6, 6.07) is 6.86. The van der Waals surface area contributed by atoms with Crippen LogP contribution in [0, 0.1) is 10.1 Å². The minimum absolute atomic E-state index is 0.0135. The van der Waals surface area contributed by atoms with Crippen molar-refractivity contribution in [2.24, 2.45) is 5.10 Å². The predicted octanol–water partition coefficient (Wildman–Crippen LogP) is 2.30. The van der Waals surface area contributed by atoms with Gasteiger partial charge in [-0.05, 0) is 30.3 Å². The molecule has 2 heterocycles. The van der Waals surface area contributed by atoms with Crippen LogP contribution in [0.25, 0.3) is 0 Å². The molecule has 13 heteroatoms. The number of alkyl halides is 3. The van der Waals surface area contributed by atoms with E-state index in [1.165, 1.54) is 18.2 Å². The number of anilines is 1. The van der Waals surface area contributed by atoms with E-state index in [0.717, 1.165) is 34.3 Å². The molecule has 0 atom stereocenters. The van der Waals surface area contributed by atoms with Gasteiger partial charge in [0.05, 0.1) is 12.3 Å². The first-order valence-electron chi connectivity index (χ1n) is 7.87. The number of ether oxygens (including phenoxy) is 1. The zero-order valence-electron chi connectivity index (χ0n) is 14.3. The van der Waals surface area contributed by atoms with Gasteiger partial charge in [-0.2, -0.15) is 5.10 Å². The fourth-order valence-corrected chi connectivity index (χ4v) is 2.41. The molecule has 1 aliphatic rings. The van der Waals surface area contributed by atoms with Crippen LogP contribution in [-0.2, 0) is 9.59 Å². The molecule has 1 aliphatic heterocycles. The van der Waals surface area contributed by atoms with Crippen molar-refractivity contribution in [3.8, 4) is 5.75 Å². The van der Waals surface area contributed by atoms with Gasteiger partial charge in [0.1, 0.15) is 23.8 Å². The Hall–Kier alpha value is -3.90. The number of halogens is 3. The fraction of sp³-hybridized carbons (Fsp3) is 0.188. The van der Waals surface area contributed by atoms with Crippen molar-refractivity contribution in [1.29, 1.82) is 0 Å². The van der Waals surface area contributed by atoms with Crippen LogP contribution in [0.1, 0.15) is 5.76 Å². The van der Waals surface area contributed by atoms with E-state index in [1.807, 2.05) is 0 Å². The molecule has 10 nitrogen and oxygen atoms in total. The third-order valence-corrected chi connectivity index (χ3v) is 3.67. The summed E-state index contributed by atoms with van der Waals surface area (Å²) in [6.07, 6.45) is -3.79. The van der Waals surface area contributed by atoms with E-state index in [-0.39, 0.29) is 11.4 Å². The lowest BCUT2D eigenvalue weighted by molar-refractivity contribution is -0.402. The van der Waals surface area contributed by atoms with Gasteiger partial charge in [0.2, 0.25) is 5.91 Å². The van der Waals surface area contributed by atoms with E-state index < -0.39 is 47.8 Å². The summed E-state index contributed by atoms with van der Waals surface area (Å²) in [6.45, 7) is -0.826. The highest BCUT2D eigenvalue weighted by molar-refractivity contribution is 6.04. The second-order valence-corrected chi connectivity index (χ2v) is 5.65. The van der Waals surface area contributed by atoms with Crippen LogP contribution in [-0.4, -0.2) is 47.4 Å². The molecule has 0 radical (unpaired) electrons.